The van der Waals surface area contributed by atoms with Crippen LogP contribution in [0.4, 0.5) is 5.69 Å². The van der Waals surface area contributed by atoms with Crippen molar-refractivity contribution in [3.63, 3.8) is 0 Å². The number of amides is 2. The molecule has 1 N–H and O–H groups in total. The lowest BCUT2D eigenvalue weighted by molar-refractivity contribution is -0.130. The molecule has 0 unspecified atom stereocenters. The number of benzene rings is 1. The number of aromatic nitrogens is 2. The number of anilines is 1. The SMILES string of the molecule is CC(=O)N1CCN(CC(=O)Nc2c(C)n(C)n(-c3ccccc3)c2=O)CC1. The van der Waals surface area contributed by atoms with Crippen LogP contribution in [0.5, 0.6) is 0 Å². The molecule has 0 bridgehead atoms. The molecule has 1 aromatic carbocycles. The second-order valence-electron chi connectivity index (χ2n) is 6.77. The molecule has 8 nitrogen and oxygen atoms in total. The second kappa shape index (κ2) is 7.79. The number of rotatable bonds is 4. The molecule has 3 rings (SSSR count). The van der Waals surface area contributed by atoms with E-state index in [0.29, 0.717) is 37.6 Å². The van der Waals surface area contributed by atoms with Gasteiger partial charge >= 0.3 is 0 Å². The molecule has 1 aromatic heterocycles. The monoisotopic (exact) mass is 371 g/mol. The van der Waals surface area contributed by atoms with Gasteiger partial charge in [0.2, 0.25) is 11.8 Å². The summed E-state index contributed by atoms with van der Waals surface area (Å²) in [7, 11) is 1.79. The molecular weight excluding hydrogens is 346 g/mol. The van der Waals surface area contributed by atoms with Gasteiger partial charge in [0.1, 0.15) is 5.69 Å². The molecule has 2 aromatic rings. The fourth-order valence-corrected chi connectivity index (χ4v) is 3.32. The molecule has 0 spiro atoms. The first-order chi connectivity index (χ1) is 12.9. The van der Waals surface area contributed by atoms with Crippen LogP contribution in [-0.4, -0.2) is 63.7 Å². The van der Waals surface area contributed by atoms with E-state index in [-0.39, 0.29) is 23.9 Å². The quantitative estimate of drug-likeness (QED) is 0.853. The Hall–Kier alpha value is -2.87. The van der Waals surface area contributed by atoms with Crippen molar-refractivity contribution >= 4 is 17.5 Å². The predicted molar refractivity (Wildman–Crippen MR) is 103 cm³/mol. The Kier molecular flexibility index (Phi) is 5.46. The van der Waals surface area contributed by atoms with Gasteiger partial charge in [0.25, 0.3) is 5.56 Å². The molecule has 27 heavy (non-hydrogen) atoms. The number of nitrogens with zero attached hydrogens (tertiary/aromatic N) is 4. The number of carbonyl (C=O) groups excluding carboxylic acids is 2. The average molecular weight is 371 g/mol. The van der Waals surface area contributed by atoms with E-state index in [4.69, 9.17) is 0 Å². The maximum absolute atomic E-state index is 12.8. The van der Waals surface area contributed by atoms with Gasteiger partial charge in [0, 0.05) is 40.2 Å². The minimum Gasteiger partial charge on any atom is -0.340 e. The van der Waals surface area contributed by atoms with E-state index < -0.39 is 0 Å². The summed E-state index contributed by atoms with van der Waals surface area (Å²) in [6, 6.07) is 9.31. The summed E-state index contributed by atoms with van der Waals surface area (Å²) in [5, 5.41) is 2.78. The highest BCUT2D eigenvalue weighted by atomic mass is 16.2. The second-order valence-corrected chi connectivity index (χ2v) is 6.77. The van der Waals surface area contributed by atoms with Crippen LogP contribution < -0.4 is 10.9 Å². The third kappa shape index (κ3) is 3.95. The van der Waals surface area contributed by atoms with Gasteiger partial charge in [0.05, 0.1) is 17.9 Å². The van der Waals surface area contributed by atoms with Crippen molar-refractivity contribution in [1.29, 1.82) is 0 Å². The van der Waals surface area contributed by atoms with E-state index in [1.165, 1.54) is 4.68 Å². The molecule has 0 radical (unpaired) electrons. The van der Waals surface area contributed by atoms with Gasteiger partial charge in [-0.05, 0) is 19.1 Å². The van der Waals surface area contributed by atoms with Crippen LogP contribution in [-0.2, 0) is 16.6 Å². The molecule has 1 aliphatic rings. The van der Waals surface area contributed by atoms with Gasteiger partial charge in [-0.3, -0.25) is 24.0 Å². The van der Waals surface area contributed by atoms with E-state index >= 15 is 0 Å². The molecule has 0 atom stereocenters. The summed E-state index contributed by atoms with van der Waals surface area (Å²) in [4.78, 5) is 40.4. The first kappa shape index (κ1) is 18.9. The zero-order valence-corrected chi connectivity index (χ0v) is 15.9. The largest absolute Gasteiger partial charge is 0.340 e. The van der Waals surface area contributed by atoms with Gasteiger partial charge in [-0.15, -0.1) is 0 Å². The van der Waals surface area contributed by atoms with Crippen molar-refractivity contribution in [2.24, 2.45) is 7.05 Å². The molecule has 8 heteroatoms. The average Bonchev–Trinajstić information content (AvgIpc) is 2.86. The maximum atomic E-state index is 12.8. The van der Waals surface area contributed by atoms with Crippen LogP contribution in [0.3, 0.4) is 0 Å². The van der Waals surface area contributed by atoms with Crippen molar-refractivity contribution in [1.82, 2.24) is 19.2 Å². The Morgan fingerprint density at radius 1 is 1.07 bits per heavy atom. The maximum Gasteiger partial charge on any atom is 0.295 e. The van der Waals surface area contributed by atoms with E-state index in [1.807, 2.05) is 42.2 Å². The molecule has 1 saturated heterocycles. The van der Waals surface area contributed by atoms with Crippen LogP contribution in [0.15, 0.2) is 35.1 Å². The fraction of sp³-hybridized carbons (Fsp3) is 0.421. The zero-order chi connectivity index (χ0) is 19.6. The Labute approximate surface area is 158 Å². The van der Waals surface area contributed by atoms with Crippen LogP contribution in [0.2, 0.25) is 0 Å². The number of hydrogen-bond donors (Lipinski definition) is 1. The van der Waals surface area contributed by atoms with Crippen LogP contribution >= 0.6 is 0 Å². The topological polar surface area (TPSA) is 79.6 Å². The highest BCUT2D eigenvalue weighted by molar-refractivity contribution is 5.92. The third-order valence-electron chi connectivity index (χ3n) is 5.00. The summed E-state index contributed by atoms with van der Waals surface area (Å²) >= 11 is 0. The lowest BCUT2D eigenvalue weighted by Crippen LogP contribution is -2.50. The fourth-order valence-electron chi connectivity index (χ4n) is 3.32. The first-order valence-corrected chi connectivity index (χ1v) is 9.00. The number of para-hydroxylation sites is 1. The standard InChI is InChI=1S/C19H25N5O3/c1-14-18(19(27)24(21(14)3)16-7-5-4-6-8-16)20-17(26)13-22-9-11-23(12-10-22)15(2)25/h4-8H,9-13H2,1-3H3,(H,20,26). The predicted octanol–water partition coefficient (Wildman–Crippen LogP) is 0.587. The van der Waals surface area contributed by atoms with Crippen molar-refractivity contribution in [2.75, 3.05) is 38.0 Å². The van der Waals surface area contributed by atoms with Crippen LogP contribution in [0, 0.1) is 6.92 Å². The molecule has 1 aliphatic heterocycles. The van der Waals surface area contributed by atoms with Crippen molar-refractivity contribution < 1.29 is 9.59 Å². The van der Waals surface area contributed by atoms with Crippen LogP contribution in [0.25, 0.3) is 5.69 Å². The van der Waals surface area contributed by atoms with Gasteiger partial charge in [0.15, 0.2) is 0 Å². The van der Waals surface area contributed by atoms with E-state index in [1.54, 1.807) is 23.6 Å². The third-order valence-corrected chi connectivity index (χ3v) is 5.00. The Balaban J connectivity index is 1.70. The molecule has 2 amide bonds. The van der Waals surface area contributed by atoms with Crippen LogP contribution in [0.1, 0.15) is 12.6 Å². The van der Waals surface area contributed by atoms with Gasteiger partial charge in [-0.25, -0.2) is 4.68 Å². The highest BCUT2D eigenvalue weighted by Crippen LogP contribution is 2.14. The minimum absolute atomic E-state index is 0.0560. The van der Waals surface area contributed by atoms with Gasteiger partial charge in [-0.1, -0.05) is 18.2 Å². The van der Waals surface area contributed by atoms with Crippen molar-refractivity contribution in [2.45, 2.75) is 13.8 Å². The van der Waals surface area contributed by atoms with Gasteiger partial charge < -0.3 is 10.2 Å². The molecule has 1 fully saturated rings. The number of nitrogens with one attached hydrogen (secondary N) is 1. The lowest BCUT2D eigenvalue weighted by Gasteiger charge is -2.33. The van der Waals surface area contributed by atoms with E-state index in [9.17, 15) is 14.4 Å². The summed E-state index contributed by atoms with van der Waals surface area (Å²) < 4.78 is 3.27. The van der Waals surface area contributed by atoms with E-state index in [0.717, 1.165) is 5.69 Å². The van der Waals surface area contributed by atoms with Crippen molar-refractivity contribution in [3.05, 3.63) is 46.4 Å². The molecular formula is C19H25N5O3. The first-order valence-electron chi connectivity index (χ1n) is 9.00. The Morgan fingerprint density at radius 3 is 2.30 bits per heavy atom. The smallest absolute Gasteiger partial charge is 0.295 e. The molecule has 0 aliphatic carbocycles. The zero-order valence-electron chi connectivity index (χ0n) is 15.9. The number of carbonyl (C=O) groups is 2. The summed E-state index contributed by atoms with van der Waals surface area (Å²) in [6.07, 6.45) is 0. The van der Waals surface area contributed by atoms with Gasteiger partial charge in [-0.2, -0.15) is 0 Å². The number of piperazine rings is 1. The summed E-state index contributed by atoms with van der Waals surface area (Å²) in [5.74, 6) is -0.169. The molecule has 2 heterocycles. The summed E-state index contributed by atoms with van der Waals surface area (Å²) in [5.41, 5.74) is 1.48. The summed E-state index contributed by atoms with van der Waals surface area (Å²) in [6.45, 7) is 6.09. The Bertz CT molecular complexity index is 892. The normalized spacial score (nSPS) is 15.0. The Morgan fingerprint density at radius 2 is 1.70 bits per heavy atom. The van der Waals surface area contributed by atoms with Crippen molar-refractivity contribution in [3.8, 4) is 5.69 Å². The molecule has 0 saturated carbocycles. The van der Waals surface area contributed by atoms with E-state index in [2.05, 4.69) is 5.32 Å². The molecule has 144 valence electrons. The number of hydrogen-bond acceptors (Lipinski definition) is 4. The lowest BCUT2D eigenvalue weighted by atomic mass is 10.3. The minimum atomic E-state index is -0.254. The highest BCUT2D eigenvalue weighted by Gasteiger charge is 2.22.